The second-order valence-electron chi connectivity index (χ2n) is 7.48. The fourth-order valence-corrected chi connectivity index (χ4v) is 4.20. The third-order valence-electron chi connectivity index (χ3n) is 4.93. The summed E-state index contributed by atoms with van der Waals surface area (Å²) in [7, 11) is 0. The number of urea groups is 1. The van der Waals surface area contributed by atoms with Crippen LogP contribution in [0.2, 0.25) is 0 Å². The molecular formula is C23H24N4O3S. The summed E-state index contributed by atoms with van der Waals surface area (Å²) in [6.45, 7) is 5.68. The van der Waals surface area contributed by atoms with Gasteiger partial charge in [0.05, 0.1) is 12.1 Å². The van der Waals surface area contributed by atoms with E-state index >= 15 is 0 Å². The minimum atomic E-state index is -0.153. The first-order valence-electron chi connectivity index (χ1n) is 10.1. The molecule has 1 aliphatic rings. The van der Waals surface area contributed by atoms with Crippen LogP contribution >= 0.6 is 11.3 Å². The number of hydrogen-bond donors (Lipinski definition) is 2. The van der Waals surface area contributed by atoms with E-state index in [1.807, 2.05) is 42.6 Å². The van der Waals surface area contributed by atoms with E-state index in [2.05, 4.69) is 34.7 Å². The summed E-state index contributed by atoms with van der Waals surface area (Å²) in [6, 6.07) is 13.7. The summed E-state index contributed by atoms with van der Waals surface area (Å²) in [5.74, 6) is 0.601. The van der Waals surface area contributed by atoms with Crippen molar-refractivity contribution < 1.29 is 14.3 Å². The van der Waals surface area contributed by atoms with E-state index in [1.54, 1.807) is 4.90 Å². The molecule has 8 heteroatoms. The zero-order chi connectivity index (χ0) is 21.8. The Morgan fingerprint density at radius 1 is 1.26 bits per heavy atom. The topological polar surface area (TPSA) is 83.6 Å². The Kier molecular flexibility index (Phi) is 6.18. The van der Waals surface area contributed by atoms with Crippen LogP contribution in [0.5, 0.6) is 5.75 Å². The lowest BCUT2D eigenvalue weighted by Crippen LogP contribution is -2.27. The van der Waals surface area contributed by atoms with Crippen molar-refractivity contribution in [3.8, 4) is 5.75 Å². The molecule has 0 unspecified atom stereocenters. The lowest BCUT2D eigenvalue weighted by atomic mass is 10.1. The van der Waals surface area contributed by atoms with Crippen molar-refractivity contribution in [2.75, 3.05) is 23.3 Å². The van der Waals surface area contributed by atoms with Crippen molar-refractivity contribution in [2.45, 2.75) is 26.9 Å². The summed E-state index contributed by atoms with van der Waals surface area (Å²) >= 11 is 1.37. The monoisotopic (exact) mass is 436 g/mol. The summed E-state index contributed by atoms with van der Waals surface area (Å²) in [6.07, 6.45) is 0.150. The van der Waals surface area contributed by atoms with Crippen LogP contribution in [0, 0.1) is 13.8 Å². The lowest BCUT2D eigenvalue weighted by Gasteiger charge is -2.12. The molecule has 4 rings (SSSR count). The summed E-state index contributed by atoms with van der Waals surface area (Å²) in [5.41, 5.74) is 4.62. The maximum atomic E-state index is 12.5. The normalized spacial score (nSPS) is 13.2. The minimum Gasteiger partial charge on any atom is -0.489 e. The van der Waals surface area contributed by atoms with Gasteiger partial charge >= 0.3 is 6.03 Å². The van der Waals surface area contributed by atoms with Crippen LogP contribution in [0.15, 0.2) is 47.8 Å². The van der Waals surface area contributed by atoms with Gasteiger partial charge in [-0.15, -0.1) is 11.3 Å². The van der Waals surface area contributed by atoms with Gasteiger partial charge in [-0.2, -0.15) is 0 Å². The Labute approximate surface area is 185 Å². The van der Waals surface area contributed by atoms with Crippen molar-refractivity contribution >= 4 is 34.1 Å². The largest absolute Gasteiger partial charge is 0.489 e. The van der Waals surface area contributed by atoms with Gasteiger partial charge in [0.15, 0.2) is 5.13 Å². The Morgan fingerprint density at radius 3 is 2.87 bits per heavy atom. The first kappa shape index (κ1) is 20.9. The highest BCUT2D eigenvalue weighted by molar-refractivity contribution is 7.14. The molecule has 160 valence electrons. The average molecular weight is 437 g/mol. The third kappa shape index (κ3) is 5.21. The van der Waals surface area contributed by atoms with Crippen molar-refractivity contribution in [1.29, 1.82) is 0 Å². The summed E-state index contributed by atoms with van der Waals surface area (Å²) < 4.78 is 5.89. The maximum absolute atomic E-state index is 12.5. The van der Waals surface area contributed by atoms with E-state index < -0.39 is 0 Å². The molecule has 1 fully saturated rings. The molecule has 0 bridgehead atoms. The maximum Gasteiger partial charge on any atom is 0.323 e. The number of nitrogens with one attached hydrogen (secondary N) is 2. The van der Waals surface area contributed by atoms with Gasteiger partial charge in [-0.05, 0) is 43.2 Å². The van der Waals surface area contributed by atoms with Crippen molar-refractivity contribution in [2.24, 2.45) is 0 Å². The predicted molar refractivity (Wildman–Crippen MR) is 122 cm³/mol. The molecular weight excluding hydrogens is 412 g/mol. The van der Waals surface area contributed by atoms with Gasteiger partial charge in [0.25, 0.3) is 0 Å². The Bertz CT molecular complexity index is 1110. The zero-order valence-electron chi connectivity index (χ0n) is 17.5. The van der Waals surface area contributed by atoms with E-state index in [1.165, 1.54) is 16.9 Å². The standard InChI is InChI=1S/C23H24N4O3S/c1-15-4-3-5-17(10-15)13-30-19-6-7-20(16(2)11-19)26-21(28)12-18-14-31-23(25-18)27-9-8-24-22(27)29/h3-7,10-11,14H,8-9,12-13H2,1-2H3,(H,24,29)(H,26,28). The number of thiazole rings is 1. The van der Waals surface area contributed by atoms with Crippen molar-refractivity contribution in [1.82, 2.24) is 10.3 Å². The number of aryl methyl sites for hydroxylation is 2. The number of aromatic nitrogens is 1. The van der Waals surface area contributed by atoms with Crippen LogP contribution in [-0.4, -0.2) is 30.0 Å². The molecule has 0 atom stereocenters. The number of hydrogen-bond acceptors (Lipinski definition) is 5. The van der Waals surface area contributed by atoms with Crippen LogP contribution in [0.4, 0.5) is 15.6 Å². The molecule has 31 heavy (non-hydrogen) atoms. The van der Waals surface area contributed by atoms with Crippen LogP contribution in [-0.2, 0) is 17.8 Å². The highest BCUT2D eigenvalue weighted by Gasteiger charge is 2.24. The molecule has 1 aliphatic heterocycles. The van der Waals surface area contributed by atoms with Gasteiger partial charge in [-0.1, -0.05) is 29.8 Å². The third-order valence-corrected chi connectivity index (χ3v) is 5.84. The molecule has 1 aromatic heterocycles. The quantitative estimate of drug-likeness (QED) is 0.585. The van der Waals surface area contributed by atoms with Crippen LogP contribution in [0.25, 0.3) is 0 Å². The Morgan fingerprint density at radius 2 is 2.13 bits per heavy atom. The van der Waals surface area contributed by atoms with Gasteiger partial charge < -0.3 is 15.4 Å². The second kappa shape index (κ2) is 9.18. The number of carbonyl (C=O) groups is 2. The number of amides is 3. The van der Waals surface area contributed by atoms with E-state index in [0.29, 0.717) is 30.5 Å². The molecule has 0 aliphatic carbocycles. The highest BCUT2D eigenvalue weighted by atomic mass is 32.1. The van der Waals surface area contributed by atoms with Crippen LogP contribution < -0.4 is 20.3 Å². The zero-order valence-corrected chi connectivity index (χ0v) is 18.3. The molecule has 0 spiro atoms. The molecule has 0 radical (unpaired) electrons. The number of benzene rings is 2. The first-order valence-corrected chi connectivity index (χ1v) is 10.9. The SMILES string of the molecule is Cc1cccc(COc2ccc(NC(=O)Cc3csc(N4CCNC4=O)n3)c(C)c2)c1. The second-order valence-corrected chi connectivity index (χ2v) is 8.32. The highest BCUT2D eigenvalue weighted by Crippen LogP contribution is 2.24. The van der Waals surface area contributed by atoms with Gasteiger partial charge in [0.2, 0.25) is 5.91 Å². The molecule has 3 aromatic rings. The summed E-state index contributed by atoms with van der Waals surface area (Å²) in [5, 5.41) is 8.11. The predicted octanol–water partition coefficient (Wildman–Crippen LogP) is 4.05. The van der Waals surface area contributed by atoms with Crippen LogP contribution in [0.1, 0.15) is 22.4 Å². The van der Waals surface area contributed by atoms with Gasteiger partial charge in [0, 0.05) is 24.2 Å². The van der Waals surface area contributed by atoms with E-state index in [9.17, 15) is 9.59 Å². The Hall–Kier alpha value is -3.39. The molecule has 7 nitrogen and oxygen atoms in total. The molecule has 2 N–H and O–H groups in total. The average Bonchev–Trinajstić information content (AvgIpc) is 3.37. The van der Waals surface area contributed by atoms with E-state index in [-0.39, 0.29) is 18.4 Å². The van der Waals surface area contributed by atoms with Crippen molar-refractivity contribution in [3.05, 3.63) is 70.2 Å². The molecule has 2 heterocycles. The van der Waals surface area contributed by atoms with Gasteiger partial charge in [-0.25, -0.2) is 9.78 Å². The lowest BCUT2D eigenvalue weighted by molar-refractivity contribution is -0.115. The number of nitrogens with zero attached hydrogens (tertiary/aromatic N) is 2. The summed E-state index contributed by atoms with van der Waals surface area (Å²) in [4.78, 5) is 30.2. The molecule has 0 saturated carbocycles. The smallest absolute Gasteiger partial charge is 0.323 e. The number of ether oxygens (including phenoxy) is 1. The van der Waals surface area contributed by atoms with Gasteiger partial charge in [0.1, 0.15) is 12.4 Å². The Balaban J connectivity index is 1.33. The van der Waals surface area contributed by atoms with Crippen molar-refractivity contribution in [3.63, 3.8) is 0 Å². The first-order chi connectivity index (χ1) is 15.0. The number of anilines is 2. The molecule has 3 amide bonds. The fourth-order valence-electron chi connectivity index (χ4n) is 3.35. The van der Waals surface area contributed by atoms with Gasteiger partial charge in [-0.3, -0.25) is 9.69 Å². The molecule has 2 aromatic carbocycles. The molecule has 1 saturated heterocycles. The van der Waals surface area contributed by atoms with E-state index in [0.717, 1.165) is 22.6 Å². The number of rotatable bonds is 7. The van der Waals surface area contributed by atoms with Crippen LogP contribution in [0.3, 0.4) is 0 Å². The fraction of sp³-hybridized carbons (Fsp3) is 0.261. The number of carbonyl (C=O) groups excluding carboxylic acids is 2. The van der Waals surface area contributed by atoms with E-state index in [4.69, 9.17) is 4.74 Å². The minimum absolute atomic E-state index is 0.148.